The molecule has 2 nitrogen and oxygen atoms in total. The third-order valence-electron chi connectivity index (χ3n) is 5.00. The number of esters is 1. The largest absolute Gasteiger partial charge is 0.458 e. The first-order valence-corrected chi connectivity index (χ1v) is 8.67. The number of ether oxygens (including phenoxy) is 1. The number of cyclic esters (lactones) is 1. The molecule has 1 heterocycles. The van der Waals surface area contributed by atoms with Crippen LogP contribution in [0.5, 0.6) is 0 Å². The highest BCUT2D eigenvalue weighted by atomic mass is 16.5. The molecule has 0 saturated carbocycles. The van der Waals surface area contributed by atoms with Crippen molar-refractivity contribution in [2.45, 2.75) is 66.2 Å². The third kappa shape index (κ3) is 4.34. The van der Waals surface area contributed by atoms with Gasteiger partial charge in [-0.3, -0.25) is 0 Å². The zero-order chi connectivity index (χ0) is 16.1. The molecule has 2 aliphatic rings. The van der Waals surface area contributed by atoms with E-state index in [0.29, 0.717) is 18.4 Å². The first-order valence-electron chi connectivity index (χ1n) is 8.67. The lowest BCUT2D eigenvalue weighted by molar-refractivity contribution is -0.136. The highest BCUT2D eigenvalue weighted by molar-refractivity contribution is 5.92. The van der Waals surface area contributed by atoms with Gasteiger partial charge in [-0.2, -0.15) is 0 Å². The lowest BCUT2D eigenvalue weighted by Crippen LogP contribution is -2.19. The molecular formula is C20H30O2. The van der Waals surface area contributed by atoms with E-state index in [1.54, 1.807) is 0 Å². The van der Waals surface area contributed by atoms with E-state index in [1.165, 1.54) is 16.7 Å². The minimum atomic E-state index is -0.0476. The molecule has 0 spiro atoms. The van der Waals surface area contributed by atoms with Gasteiger partial charge in [0.25, 0.3) is 0 Å². The second-order valence-electron chi connectivity index (χ2n) is 7.16. The molecule has 0 bridgehead atoms. The van der Waals surface area contributed by atoms with Crippen LogP contribution in [0.25, 0.3) is 0 Å². The van der Waals surface area contributed by atoms with E-state index < -0.39 is 0 Å². The predicted octanol–water partition coefficient (Wildman–Crippen LogP) is 5.36. The van der Waals surface area contributed by atoms with Gasteiger partial charge in [-0.25, -0.2) is 4.79 Å². The third-order valence-corrected chi connectivity index (χ3v) is 5.00. The fourth-order valence-electron chi connectivity index (χ4n) is 3.60. The van der Waals surface area contributed by atoms with Crippen molar-refractivity contribution >= 4 is 5.97 Å². The van der Waals surface area contributed by atoms with Gasteiger partial charge in [-0.15, -0.1) is 0 Å². The van der Waals surface area contributed by atoms with Crippen molar-refractivity contribution in [3.8, 4) is 0 Å². The van der Waals surface area contributed by atoms with Crippen LogP contribution < -0.4 is 0 Å². The molecule has 1 aliphatic heterocycles. The molecule has 0 radical (unpaired) electrons. The van der Waals surface area contributed by atoms with Gasteiger partial charge in [0.15, 0.2) is 0 Å². The summed E-state index contributed by atoms with van der Waals surface area (Å²) >= 11 is 0. The summed E-state index contributed by atoms with van der Waals surface area (Å²) in [6.45, 7) is 9.34. The Bertz CT molecular complexity index is 504. The van der Waals surface area contributed by atoms with Gasteiger partial charge in [0, 0.05) is 5.57 Å². The number of hydrogen-bond acceptors (Lipinski definition) is 2. The monoisotopic (exact) mass is 302 g/mol. The quantitative estimate of drug-likeness (QED) is 0.516. The highest BCUT2D eigenvalue weighted by Crippen LogP contribution is 2.37. The Hall–Kier alpha value is -1.31. The van der Waals surface area contributed by atoms with Crippen molar-refractivity contribution in [1.82, 2.24) is 0 Å². The molecule has 2 rings (SSSR count). The minimum absolute atomic E-state index is 0.0476. The summed E-state index contributed by atoms with van der Waals surface area (Å²) in [4.78, 5) is 12.3. The first kappa shape index (κ1) is 17.1. The van der Waals surface area contributed by atoms with Crippen LogP contribution in [-0.4, -0.2) is 12.6 Å². The SMILES string of the molecule is CC(C)=CCCC(C)[C@@H]1CC/C(C)=C/CCC2=C1C(=O)OC2. The Labute approximate surface area is 135 Å². The van der Waals surface area contributed by atoms with Gasteiger partial charge in [-0.05, 0) is 76.7 Å². The van der Waals surface area contributed by atoms with E-state index in [-0.39, 0.29) is 5.97 Å². The van der Waals surface area contributed by atoms with Crippen LogP contribution in [0.1, 0.15) is 66.2 Å². The minimum Gasteiger partial charge on any atom is -0.458 e. The van der Waals surface area contributed by atoms with Crippen LogP contribution in [0, 0.1) is 11.8 Å². The fourth-order valence-corrected chi connectivity index (χ4v) is 3.60. The maximum Gasteiger partial charge on any atom is 0.334 e. The smallest absolute Gasteiger partial charge is 0.334 e. The molecule has 2 heteroatoms. The molecule has 122 valence electrons. The summed E-state index contributed by atoms with van der Waals surface area (Å²) in [5.74, 6) is 0.836. The van der Waals surface area contributed by atoms with E-state index in [9.17, 15) is 4.79 Å². The summed E-state index contributed by atoms with van der Waals surface area (Å²) in [5.41, 5.74) is 5.12. The lowest BCUT2D eigenvalue weighted by atomic mass is 9.79. The number of allylic oxidation sites excluding steroid dienone is 4. The zero-order valence-corrected chi connectivity index (χ0v) is 14.6. The molecule has 0 N–H and O–H groups in total. The molecule has 1 aliphatic carbocycles. The summed E-state index contributed by atoms with van der Waals surface area (Å²) in [6.07, 6.45) is 11.1. The van der Waals surface area contributed by atoms with E-state index in [1.807, 2.05) is 0 Å². The van der Waals surface area contributed by atoms with E-state index in [4.69, 9.17) is 4.74 Å². The standard InChI is InChI=1S/C20H30O2/c1-14(2)7-5-9-16(4)18-12-11-15(3)8-6-10-17-13-22-20(21)19(17)18/h7-8,16,18H,5-6,9-13H2,1-4H3/b15-8+/t16?,18-/m0/s1. The van der Waals surface area contributed by atoms with Crippen molar-refractivity contribution < 1.29 is 9.53 Å². The van der Waals surface area contributed by atoms with Crippen molar-refractivity contribution in [1.29, 1.82) is 0 Å². The maximum atomic E-state index is 12.3. The van der Waals surface area contributed by atoms with E-state index in [0.717, 1.165) is 44.1 Å². The number of rotatable bonds is 4. The van der Waals surface area contributed by atoms with Crippen molar-refractivity contribution in [3.05, 3.63) is 34.4 Å². The van der Waals surface area contributed by atoms with Crippen molar-refractivity contribution in [3.63, 3.8) is 0 Å². The van der Waals surface area contributed by atoms with Gasteiger partial charge in [0.2, 0.25) is 0 Å². The van der Waals surface area contributed by atoms with E-state index in [2.05, 4.69) is 39.8 Å². The number of carbonyl (C=O) groups is 1. The average Bonchev–Trinajstić information content (AvgIpc) is 2.83. The van der Waals surface area contributed by atoms with Crippen molar-refractivity contribution in [2.24, 2.45) is 11.8 Å². The first-order chi connectivity index (χ1) is 10.5. The maximum absolute atomic E-state index is 12.3. The molecule has 0 aromatic rings. The van der Waals surface area contributed by atoms with Gasteiger partial charge in [0.1, 0.15) is 6.61 Å². The Morgan fingerprint density at radius 1 is 1.41 bits per heavy atom. The van der Waals surface area contributed by atoms with Crippen LogP contribution in [0.4, 0.5) is 0 Å². The van der Waals surface area contributed by atoms with Gasteiger partial charge < -0.3 is 4.74 Å². The van der Waals surface area contributed by atoms with Crippen LogP contribution >= 0.6 is 0 Å². The Kier molecular flexibility index (Phi) is 6.05. The second-order valence-corrected chi connectivity index (χ2v) is 7.16. The van der Waals surface area contributed by atoms with Crippen LogP contribution in [0.3, 0.4) is 0 Å². The summed E-state index contributed by atoms with van der Waals surface area (Å²) in [5, 5.41) is 0. The molecule has 1 unspecified atom stereocenters. The summed E-state index contributed by atoms with van der Waals surface area (Å²) < 4.78 is 5.36. The van der Waals surface area contributed by atoms with Crippen LogP contribution in [-0.2, 0) is 9.53 Å². The average molecular weight is 302 g/mol. The molecule has 2 atom stereocenters. The Balaban J connectivity index is 2.17. The molecular weight excluding hydrogens is 272 g/mol. The van der Waals surface area contributed by atoms with E-state index >= 15 is 0 Å². The van der Waals surface area contributed by atoms with Gasteiger partial charge in [-0.1, -0.05) is 30.2 Å². The highest BCUT2D eigenvalue weighted by Gasteiger charge is 2.34. The molecule has 0 fully saturated rings. The molecule has 22 heavy (non-hydrogen) atoms. The fraction of sp³-hybridized carbons (Fsp3) is 0.650. The van der Waals surface area contributed by atoms with Crippen molar-refractivity contribution in [2.75, 3.05) is 6.61 Å². The number of hydrogen-bond donors (Lipinski definition) is 0. The summed E-state index contributed by atoms with van der Waals surface area (Å²) in [7, 11) is 0. The molecule has 0 saturated heterocycles. The van der Waals surface area contributed by atoms with Crippen LogP contribution in [0.2, 0.25) is 0 Å². The predicted molar refractivity (Wildman–Crippen MR) is 91.5 cm³/mol. The second kappa shape index (κ2) is 7.80. The number of carbonyl (C=O) groups excluding carboxylic acids is 1. The zero-order valence-electron chi connectivity index (χ0n) is 14.6. The molecule has 0 amide bonds. The molecule has 0 aromatic heterocycles. The Morgan fingerprint density at radius 3 is 2.91 bits per heavy atom. The van der Waals surface area contributed by atoms with Crippen LogP contribution in [0.15, 0.2) is 34.4 Å². The Morgan fingerprint density at radius 2 is 2.18 bits per heavy atom. The lowest BCUT2D eigenvalue weighted by Gasteiger charge is -2.24. The topological polar surface area (TPSA) is 26.3 Å². The normalized spacial score (nSPS) is 26.1. The summed E-state index contributed by atoms with van der Waals surface area (Å²) in [6, 6.07) is 0. The van der Waals surface area contributed by atoms with Gasteiger partial charge >= 0.3 is 5.97 Å². The molecule has 0 aromatic carbocycles. The van der Waals surface area contributed by atoms with Gasteiger partial charge in [0.05, 0.1) is 0 Å².